The Morgan fingerprint density at radius 3 is 2.69 bits per heavy atom. The molecule has 16 heavy (non-hydrogen) atoms. The van der Waals surface area contributed by atoms with Crippen molar-refractivity contribution in [2.75, 3.05) is 0 Å². The Kier molecular flexibility index (Phi) is 3.83. The first-order chi connectivity index (χ1) is 7.79. The number of hydrogen-bond donors (Lipinski definition) is 0. The quantitative estimate of drug-likeness (QED) is 0.748. The average Bonchev–Trinajstić information content (AvgIpc) is 2.31. The molecule has 1 aliphatic carbocycles. The molecule has 86 valence electrons. The zero-order valence-electron chi connectivity index (χ0n) is 9.12. The van der Waals surface area contributed by atoms with Crippen molar-refractivity contribution in [1.29, 1.82) is 0 Å². The molecule has 0 aliphatic heterocycles. The number of carbonyl (C=O) groups is 1. The van der Waals surface area contributed by atoms with Gasteiger partial charge in [0, 0.05) is 5.02 Å². The van der Waals surface area contributed by atoms with Crippen LogP contribution in [0.2, 0.25) is 5.02 Å². The Morgan fingerprint density at radius 1 is 1.25 bits per heavy atom. The Hall–Kier alpha value is -1.02. The lowest BCUT2D eigenvalue weighted by atomic mass is 9.98. The molecule has 1 saturated carbocycles. The standard InChI is InChI=1S/C13H15ClO2/c14-11-7-6-10(9-15)13(8-11)16-12-4-2-1-3-5-12/h6-9,12H,1-5H2. The van der Waals surface area contributed by atoms with E-state index in [1.165, 1.54) is 19.3 Å². The van der Waals surface area contributed by atoms with Gasteiger partial charge in [-0.3, -0.25) is 4.79 Å². The van der Waals surface area contributed by atoms with Gasteiger partial charge in [-0.25, -0.2) is 0 Å². The maximum atomic E-state index is 10.9. The van der Waals surface area contributed by atoms with Gasteiger partial charge >= 0.3 is 0 Å². The van der Waals surface area contributed by atoms with Crippen molar-refractivity contribution >= 4 is 17.9 Å². The van der Waals surface area contributed by atoms with E-state index in [1.807, 2.05) is 0 Å². The molecule has 1 aromatic carbocycles. The van der Waals surface area contributed by atoms with E-state index >= 15 is 0 Å². The third kappa shape index (κ3) is 2.76. The summed E-state index contributed by atoms with van der Waals surface area (Å²) >= 11 is 5.90. The van der Waals surface area contributed by atoms with E-state index in [2.05, 4.69) is 0 Å². The number of hydrogen-bond acceptors (Lipinski definition) is 2. The summed E-state index contributed by atoms with van der Waals surface area (Å²) in [5.41, 5.74) is 0.579. The molecule has 0 N–H and O–H groups in total. The van der Waals surface area contributed by atoms with Crippen molar-refractivity contribution in [3.05, 3.63) is 28.8 Å². The smallest absolute Gasteiger partial charge is 0.153 e. The van der Waals surface area contributed by atoms with Gasteiger partial charge in [0.15, 0.2) is 6.29 Å². The number of carbonyl (C=O) groups excluding carboxylic acids is 1. The highest BCUT2D eigenvalue weighted by Crippen LogP contribution is 2.27. The van der Waals surface area contributed by atoms with E-state index in [0.29, 0.717) is 16.3 Å². The Balaban J connectivity index is 2.12. The first-order valence-electron chi connectivity index (χ1n) is 5.71. The second-order valence-electron chi connectivity index (χ2n) is 4.18. The van der Waals surface area contributed by atoms with E-state index in [4.69, 9.17) is 16.3 Å². The minimum absolute atomic E-state index is 0.242. The fraction of sp³-hybridized carbons (Fsp3) is 0.462. The van der Waals surface area contributed by atoms with Gasteiger partial charge in [-0.15, -0.1) is 0 Å². The molecule has 0 atom stereocenters. The summed E-state index contributed by atoms with van der Waals surface area (Å²) < 4.78 is 5.84. The maximum Gasteiger partial charge on any atom is 0.153 e. The van der Waals surface area contributed by atoms with Crippen LogP contribution < -0.4 is 4.74 Å². The maximum absolute atomic E-state index is 10.9. The third-order valence-corrected chi connectivity index (χ3v) is 3.18. The number of halogens is 1. The van der Waals surface area contributed by atoms with Crippen LogP contribution in [0.5, 0.6) is 5.75 Å². The lowest BCUT2D eigenvalue weighted by Crippen LogP contribution is -2.20. The van der Waals surface area contributed by atoms with Gasteiger partial charge in [-0.1, -0.05) is 18.0 Å². The fourth-order valence-corrected chi connectivity index (χ4v) is 2.23. The monoisotopic (exact) mass is 238 g/mol. The molecule has 1 fully saturated rings. The molecule has 0 heterocycles. The Morgan fingerprint density at radius 2 is 2.00 bits per heavy atom. The van der Waals surface area contributed by atoms with Crippen molar-refractivity contribution in [3.63, 3.8) is 0 Å². The van der Waals surface area contributed by atoms with Crippen molar-refractivity contribution in [2.45, 2.75) is 38.2 Å². The minimum atomic E-state index is 0.242. The predicted molar refractivity (Wildman–Crippen MR) is 64.3 cm³/mol. The largest absolute Gasteiger partial charge is 0.490 e. The Labute approximate surface area is 101 Å². The van der Waals surface area contributed by atoms with Crippen molar-refractivity contribution < 1.29 is 9.53 Å². The SMILES string of the molecule is O=Cc1ccc(Cl)cc1OC1CCCCC1. The van der Waals surface area contributed by atoms with Gasteiger partial charge in [0.1, 0.15) is 5.75 Å². The van der Waals surface area contributed by atoms with Gasteiger partial charge in [-0.2, -0.15) is 0 Å². The molecule has 0 bridgehead atoms. The first-order valence-corrected chi connectivity index (χ1v) is 6.09. The van der Waals surface area contributed by atoms with Crippen LogP contribution in [0.1, 0.15) is 42.5 Å². The van der Waals surface area contributed by atoms with Gasteiger partial charge in [0.25, 0.3) is 0 Å². The van der Waals surface area contributed by atoms with Crippen molar-refractivity contribution in [3.8, 4) is 5.75 Å². The molecule has 0 aromatic heterocycles. The highest BCUT2D eigenvalue weighted by Gasteiger charge is 2.16. The van der Waals surface area contributed by atoms with Crippen LogP contribution >= 0.6 is 11.6 Å². The van der Waals surface area contributed by atoms with Crippen LogP contribution in [0.4, 0.5) is 0 Å². The zero-order chi connectivity index (χ0) is 11.4. The van der Waals surface area contributed by atoms with E-state index in [9.17, 15) is 4.79 Å². The van der Waals surface area contributed by atoms with E-state index < -0.39 is 0 Å². The molecule has 0 amide bonds. The molecule has 0 saturated heterocycles. The van der Waals surface area contributed by atoms with Crippen molar-refractivity contribution in [2.24, 2.45) is 0 Å². The third-order valence-electron chi connectivity index (χ3n) is 2.95. The summed E-state index contributed by atoms with van der Waals surface area (Å²) in [4.78, 5) is 10.9. The Bertz CT molecular complexity index is 370. The number of rotatable bonds is 3. The molecule has 0 unspecified atom stereocenters. The minimum Gasteiger partial charge on any atom is -0.490 e. The lowest BCUT2D eigenvalue weighted by molar-refractivity contribution is 0.111. The van der Waals surface area contributed by atoms with Gasteiger partial charge < -0.3 is 4.74 Å². The molecule has 2 rings (SSSR count). The molecular weight excluding hydrogens is 224 g/mol. The van der Waals surface area contributed by atoms with Crippen LogP contribution in [0.25, 0.3) is 0 Å². The summed E-state index contributed by atoms with van der Waals surface area (Å²) in [6.45, 7) is 0. The lowest BCUT2D eigenvalue weighted by Gasteiger charge is -2.23. The number of ether oxygens (including phenoxy) is 1. The summed E-state index contributed by atoms with van der Waals surface area (Å²) in [6, 6.07) is 5.13. The molecular formula is C13H15ClO2. The second-order valence-corrected chi connectivity index (χ2v) is 4.61. The van der Waals surface area contributed by atoms with Crippen molar-refractivity contribution in [1.82, 2.24) is 0 Å². The second kappa shape index (κ2) is 5.35. The summed E-state index contributed by atoms with van der Waals surface area (Å²) in [5, 5.41) is 0.608. The van der Waals surface area contributed by atoms with Gasteiger partial charge in [-0.05, 0) is 43.9 Å². The summed E-state index contributed by atoms with van der Waals surface area (Å²) in [5.74, 6) is 0.620. The molecule has 2 nitrogen and oxygen atoms in total. The highest BCUT2D eigenvalue weighted by molar-refractivity contribution is 6.30. The summed E-state index contributed by atoms with van der Waals surface area (Å²) in [6.07, 6.45) is 6.91. The van der Waals surface area contributed by atoms with Crippen LogP contribution in [-0.4, -0.2) is 12.4 Å². The molecule has 1 aromatic rings. The summed E-state index contributed by atoms with van der Waals surface area (Å²) in [7, 11) is 0. The van der Waals surface area contributed by atoms with Crippen LogP contribution in [0, 0.1) is 0 Å². The van der Waals surface area contributed by atoms with E-state index in [0.717, 1.165) is 19.1 Å². The van der Waals surface area contributed by atoms with E-state index in [1.54, 1.807) is 18.2 Å². The first kappa shape index (κ1) is 11.5. The van der Waals surface area contributed by atoms with Crippen LogP contribution in [0.15, 0.2) is 18.2 Å². The van der Waals surface area contributed by atoms with Gasteiger partial charge in [0.05, 0.1) is 11.7 Å². The highest BCUT2D eigenvalue weighted by atomic mass is 35.5. The normalized spacial score (nSPS) is 17.1. The fourth-order valence-electron chi connectivity index (χ4n) is 2.07. The number of aldehydes is 1. The molecule has 0 radical (unpaired) electrons. The zero-order valence-corrected chi connectivity index (χ0v) is 9.87. The molecule has 3 heteroatoms. The van der Waals surface area contributed by atoms with Gasteiger partial charge in [0.2, 0.25) is 0 Å². The molecule has 1 aliphatic rings. The predicted octanol–water partition coefficient (Wildman–Crippen LogP) is 3.86. The van der Waals surface area contributed by atoms with Crippen LogP contribution in [0.3, 0.4) is 0 Å². The average molecular weight is 239 g/mol. The molecule has 0 spiro atoms. The van der Waals surface area contributed by atoms with Crippen LogP contribution in [-0.2, 0) is 0 Å². The van der Waals surface area contributed by atoms with E-state index in [-0.39, 0.29) is 6.10 Å². The number of benzene rings is 1. The topological polar surface area (TPSA) is 26.3 Å².